The number of nitrogen functional groups attached to an aromatic ring is 1. The van der Waals surface area contributed by atoms with Crippen LogP contribution in [0.4, 0.5) is 5.69 Å². The molecule has 0 spiro atoms. The van der Waals surface area contributed by atoms with E-state index in [1.807, 2.05) is 6.92 Å². The van der Waals surface area contributed by atoms with E-state index in [-0.39, 0.29) is 17.7 Å². The number of carbonyl (C=O) groups excluding carboxylic acids is 3. The molecule has 0 bridgehead atoms. The molecule has 2 aliphatic heterocycles. The maximum atomic E-state index is 12.7. The Balaban J connectivity index is 1.83. The van der Waals surface area contributed by atoms with Gasteiger partial charge in [0.1, 0.15) is 6.04 Å². The van der Waals surface area contributed by atoms with Crippen molar-refractivity contribution < 1.29 is 14.4 Å². The average Bonchev–Trinajstić information content (AvgIpc) is 2.86. The van der Waals surface area contributed by atoms with Gasteiger partial charge in [-0.25, -0.2) is 0 Å². The first kappa shape index (κ1) is 15.5. The van der Waals surface area contributed by atoms with Gasteiger partial charge in [-0.3, -0.25) is 19.3 Å². The first-order chi connectivity index (χ1) is 11.0. The summed E-state index contributed by atoms with van der Waals surface area (Å²) in [6.07, 6.45) is 2.38. The molecule has 23 heavy (non-hydrogen) atoms. The SMILES string of the molecule is CCCCN1C(=O)CCC(N2Cc3c(N)cccc3C2=O)C1=O. The van der Waals surface area contributed by atoms with E-state index in [0.717, 1.165) is 18.4 Å². The quantitative estimate of drug-likeness (QED) is 0.675. The Morgan fingerprint density at radius 2 is 2.04 bits per heavy atom. The van der Waals surface area contributed by atoms with Crippen LogP contribution in [0.5, 0.6) is 0 Å². The topological polar surface area (TPSA) is 83.7 Å². The number of amides is 3. The third kappa shape index (κ3) is 2.58. The lowest BCUT2D eigenvalue weighted by molar-refractivity contribution is -0.152. The number of hydrogen-bond acceptors (Lipinski definition) is 4. The van der Waals surface area contributed by atoms with E-state index in [1.165, 1.54) is 4.90 Å². The summed E-state index contributed by atoms with van der Waals surface area (Å²) in [5.74, 6) is -0.562. The number of likely N-dealkylation sites (tertiary alicyclic amines) is 1. The van der Waals surface area contributed by atoms with Crippen LogP contribution < -0.4 is 5.73 Å². The van der Waals surface area contributed by atoms with Crippen LogP contribution in [0.2, 0.25) is 0 Å². The summed E-state index contributed by atoms with van der Waals surface area (Å²) in [6, 6.07) is 4.68. The Hall–Kier alpha value is -2.37. The molecule has 122 valence electrons. The highest BCUT2D eigenvalue weighted by Crippen LogP contribution is 2.31. The fraction of sp³-hybridized carbons (Fsp3) is 0.471. The number of hydrogen-bond donors (Lipinski definition) is 1. The van der Waals surface area contributed by atoms with E-state index >= 15 is 0 Å². The molecule has 6 heteroatoms. The van der Waals surface area contributed by atoms with Crippen LogP contribution in [0.1, 0.15) is 48.5 Å². The Morgan fingerprint density at radius 1 is 1.26 bits per heavy atom. The summed E-state index contributed by atoms with van der Waals surface area (Å²) < 4.78 is 0. The number of fused-ring (bicyclic) bond motifs is 1. The van der Waals surface area contributed by atoms with Crippen molar-refractivity contribution in [2.24, 2.45) is 0 Å². The Labute approximate surface area is 135 Å². The summed E-state index contributed by atoms with van der Waals surface area (Å²) in [5, 5.41) is 0. The van der Waals surface area contributed by atoms with Gasteiger partial charge in [-0.05, 0) is 25.0 Å². The van der Waals surface area contributed by atoms with Gasteiger partial charge in [-0.1, -0.05) is 19.4 Å². The van der Waals surface area contributed by atoms with Crippen LogP contribution >= 0.6 is 0 Å². The Morgan fingerprint density at radius 3 is 2.74 bits per heavy atom. The summed E-state index contributed by atoms with van der Waals surface area (Å²) in [4.78, 5) is 40.2. The minimum absolute atomic E-state index is 0.136. The highest BCUT2D eigenvalue weighted by molar-refractivity contribution is 6.06. The second-order valence-corrected chi connectivity index (χ2v) is 6.10. The summed E-state index contributed by atoms with van der Waals surface area (Å²) in [7, 11) is 0. The number of nitrogens with zero attached hydrogens (tertiary/aromatic N) is 2. The maximum Gasteiger partial charge on any atom is 0.255 e. The molecule has 0 radical (unpaired) electrons. The second kappa shape index (κ2) is 6.02. The zero-order valence-corrected chi connectivity index (χ0v) is 13.2. The molecule has 0 aliphatic carbocycles. The normalized spacial score (nSPS) is 21.1. The molecular formula is C17H21N3O3. The van der Waals surface area contributed by atoms with E-state index in [1.54, 1.807) is 23.1 Å². The van der Waals surface area contributed by atoms with Crippen LogP contribution in [0.25, 0.3) is 0 Å². The molecular weight excluding hydrogens is 294 g/mol. The van der Waals surface area contributed by atoms with Gasteiger partial charge in [0, 0.05) is 36.3 Å². The molecule has 6 nitrogen and oxygen atoms in total. The van der Waals surface area contributed by atoms with Crippen LogP contribution in [-0.4, -0.2) is 40.1 Å². The summed E-state index contributed by atoms with van der Waals surface area (Å²) in [6.45, 7) is 2.79. The van der Waals surface area contributed by atoms with Gasteiger partial charge in [0.2, 0.25) is 5.91 Å². The standard InChI is InChI=1S/C17H21N3O3/c1-2-3-9-19-15(21)8-7-14(17(19)23)20-10-12-11(16(20)22)5-4-6-13(12)18/h4-6,14H,2-3,7-10,18H2,1H3. The summed E-state index contributed by atoms with van der Waals surface area (Å²) in [5.41, 5.74) is 7.86. The molecule has 1 unspecified atom stereocenters. The van der Waals surface area contributed by atoms with Gasteiger partial charge in [0.15, 0.2) is 0 Å². The monoisotopic (exact) mass is 315 g/mol. The highest BCUT2D eigenvalue weighted by atomic mass is 16.2. The summed E-state index contributed by atoms with van der Waals surface area (Å²) >= 11 is 0. The number of rotatable bonds is 4. The number of imide groups is 1. The van der Waals surface area contributed by atoms with E-state index < -0.39 is 6.04 Å². The number of nitrogens with two attached hydrogens (primary N) is 1. The minimum Gasteiger partial charge on any atom is -0.398 e. The Bertz CT molecular complexity index is 671. The lowest BCUT2D eigenvalue weighted by atomic mass is 10.0. The Kier molecular flexibility index (Phi) is 4.07. The smallest absolute Gasteiger partial charge is 0.255 e. The number of unbranched alkanes of at least 4 members (excludes halogenated alkanes) is 1. The molecule has 2 N–H and O–H groups in total. The fourth-order valence-electron chi connectivity index (χ4n) is 3.29. The molecule has 1 fully saturated rings. The van der Waals surface area contributed by atoms with Gasteiger partial charge in [0.25, 0.3) is 11.8 Å². The largest absolute Gasteiger partial charge is 0.398 e. The van der Waals surface area contributed by atoms with Crippen molar-refractivity contribution in [2.45, 2.75) is 45.2 Å². The first-order valence-corrected chi connectivity index (χ1v) is 8.07. The second-order valence-electron chi connectivity index (χ2n) is 6.10. The van der Waals surface area contributed by atoms with Crippen molar-refractivity contribution in [2.75, 3.05) is 12.3 Å². The average molecular weight is 315 g/mol. The maximum absolute atomic E-state index is 12.7. The van der Waals surface area contributed by atoms with E-state index in [2.05, 4.69) is 0 Å². The van der Waals surface area contributed by atoms with E-state index in [0.29, 0.717) is 37.2 Å². The number of anilines is 1. The molecule has 3 rings (SSSR count). The molecule has 2 aliphatic rings. The molecule has 2 heterocycles. The minimum atomic E-state index is -0.566. The molecule has 1 atom stereocenters. The lowest BCUT2D eigenvalue weighted by Crippen LogP contribution is -2.54. The number of carbonyl (C=O) groups is 3. The van der Waals surface area contributed by atoms with Gasteiger partial charge in [0.05, 0.1) is 0 Å². The van der Waals surface area contributed by atoms with Gasteiger partial charge in [-0.2, -0.15) is 0 Å². The van der Waals surface area contributed by atoms with Crippen molar-refractivity contribution in [3.8, 4) is 0 Å². The van der Waals surface area contributed by atoms with Crippen LogP contribution in [0, 0.1) is 0 Å². The van der Waals surface area contributed by atoms with Crippen LogP contribution in [0.3, 0.4) is 0 Å². The molecule has 0 aromatic heterocycles. The fourth-order valence-corrected chi connectivity index (χ4v) is 3.29. The molecule has 1 saturated heterocycles. The predicted molar refractivity (Wildman–Crippen MR) is 85.4 cm³/mol. The highest BCUT2D eigenvalue weighted by Gasteiger charge is 2.42. The van der Waals surface area contributed by atoms with E-state index in [9.17, 15) is 14.4 Å². The number of piperidine rings is 1. The molecule has 1 aromatic rings. The third-order valence-electron chi connectivity index (χ3n) is 4.63. The van der Waals surface area contributed by atoms with Crippen molar-refractivity contribution in [3.63, 3.8) is 0 Å². The van der Waals surface area contributed by atoms with Gasteiger partial charge >= 0.3 is 0 Å². The lowest BCUT2D eigenvalue weighted by Gasteiger charge is -2.35. The number of benzene rings is 1. The molecule has 3 amide bonds. The third-order valence-corrected chi connectivity index (χ3v) is 4.63. The zero-order valence-electron chi connectivity index (χ0n) is 13.2. The zero-order chi connectivity index (χ0) is 16.6. The van der Waals surface area contributed by atoms with Crippen LogP contribution in [-0.2, 0) is 16.1 Å². The van der Waals surface area contributed by atoms with Gasteiger partial charge < -0.3 is 10.6 Å². The molecule has 1 aromatic carbocycles. The van der Waals surface area contributed by atoms with Crippen LogP contribution in [0.15, 0.2) is 18.2 Å². The molecule has 0 saturated carbocycles. The van der Waals surface area contributed by atoms with Gasteiger partial charge in [-0.15, -0.1) is 0 Å². The van der Waals surface area contributed by atoms with Crippen molar-refractivity contribution >= 4 is 23.4 Å². The van der Waals surface area contributed by atoms with Crippen molar-refractivity contribution in [1.82, 2.24) is 9.80 Å². The van der Waals surface area contributed by atoms with Crippen molar-refractivity contribution in [1.29, 1.82) is 0 Å². The van der Waals surface area contributed by atoms with E-state index in [4.69, 9.17) is 5.73 Å². The van der Waals surface area contributed by atoms with Crippen molar-refractivity contribution in [3.05, 3.63) is 29.3 Å². The first-order valence-electron chi connectivity index (χ1n) is 8.07. The predicted octanol–water partition coefficient (Wildman–Crippen LogP) is 1.54.